The second kappa shape index (κ2) is 5.22. The maximum absolute atomic E-state index is 12.4. The number of hydrogen-bond acceptors (Lipinski definition) is 4. The van der Waals surface area contributed by atoms with Crippen molar-refractivity contribution in [2.45, 2.75) is 10.9 Å². The average Bonchev–Trinajstić information content (AvgIpc) is 2.81. The second-order valence-electron chi connectivity index (χ2n) is 4.71. The second-order valence-corrected chi connectivity index (χ2v) is 6.80. The van der Waals surface area contributed by atoms with Gasteiger partial charge in [0.15, 0.2) is 0 Å². The number of anilines is 1. The van der Waals surface area contributed by atoms with E-state index < -0.39 is 16.1 Å². The van der Waals surface area contributed by atoms with E-state index in [1.165, 1.54) is 18.2 Å². The SMILES string of the molecule is Nc1ccc(S(=O)(=O)NC2COc3ccccc32)c(Cl)c1. The number of benzene rings is 2. The smallest absolute Gasteiger partial charge is 0.242 e. The molecule has 0 spiro atoms. The molecule has 0 radical (unpaired) electrons. The summed E-state index contributed by atoms with van der Waals surface area (Å²) in [4.78, 5) is 0.00254. The number of nitrogens with two attached hydrogens (primary N) is 1. The first-order chi connectivity index (χ1) is 9.97. The van der Waals surface area contributed by atoms with E-state index in [2.05, 4.69) is 4.72 Å². The Balaban J connectivity index is 1.91. The van der Waals surface area contributed by atoms with Crippen molar-refractivity contribution in [1.82, 2.24) is 4.72 Å². The molecule has 0 saturated carbocycles. The van der Waals surface area contributed by atoms with Gasteiger partial charge in [0, 0.05) is 11.3 Å². The summed E-state index contributed by atoms with van der Waals surface area (Å²) in [6.07, 6.45) is 0. The normalized spacial score (nSPS) is 17.3. The van der Waals surface area contributed by atoms with Gasteiger partial charge >= 0.3 is 0 Å². The van der Waals surface area contributed by atoms with Gasteiger partial charge in [-0.15, -0.1) is 0 Å². The number of sulfonamides is 1. The third-order valence-corrected chi connectivity index (χ3v) is 5.20. The minimum absolute atomic E-state index is 0.00254. The number of rotatable bonds is 3. The van der Waals surface area contributed by atoms with Crippen LogP contribution in [-0.2, 0) is 10.0 Å². The van der Waals surface area contributed by atoms with Crippen LogP contribution in [0.4, 0.5) is 5.69 Å². The molecular formula is C14H13ClN2O3S. The molecular weight excluding hydrogens is 312 g/mol. The summed E-state index contributed by atoms with van der Waals surface area (Å²) in [5.74, 6) is 0.689. The summed E-state index contributed by atoms with van der Waals surface area (Å²) < 4.78 is 32.9. The number of para-hydroxylation sites is 1. The molecule has 3 N–H and O–H groups in total. The highest BCUT2D eigenvalue weighted by Gasteiger charge is 2.29. The van der Waals surface area contributed by atoms with Gasteiger partial charge < -0.3 is 10.5 Å². The fraction of sp³-hybridized carbons (Fsp3) is 0.143. The average molecular weight is 325 g/mol. The van der Waals surface area contributed by atoms with Crippen LogP contribution in [0.3, 0.4) is 0 Å². The quantitative estimate of drug-likeness (QED) is 0.849. The Morgan fingerprint density at radius 2 is 2.00 bits per heavy atom. The predicted octanol–water partition coefficient (Wildman–Crippen LogP) is 2.33. The molecule has 0 amide bonds. The highest BCUT2D eigenvalue weighted by atomic mass is 35.5. The van der Waals surface area contributed by atoms with E-state index in [0.717, 1.165) is 5.56 Å². The fourth-order valence-corrected chi connectivity index (χ4v) is 4.00. The standard InChI is InChI=1S/C14H13ClN2O3S/c15-11-7-9(16)5-6-14(11)21(18,19)17-12-8-20-13-4-2-1-3-10(12)13/h1-7,12,17H,8,16H2. The number of ether oxygens (including phenoxy) is 1. The molecule has 0 aromatic heterocycles. The minimum atomic E-state index is -3.75. The highest BCUT2D eigenvalue weighted by Crippen LogP contribution is 2.33. The lowest BCUT2D eigenvalue weighted by Gasteiger charge is -2.13. The number of fused-ring (bicyclic) bond motifs is 1. The Morgan fingerprint density at radius 1 is 1.24 bits per heavy atom. The van der Waals surface area contributed by atoms with Crippen LogP contribution in [-0.4, -0.2) is 15.0 Å². The van der Waals surface area contributed by atoms with E-state index in [0.29, 0.717) is 11.4 Å². The van der Waals surface area contributed by atoms with Gasteiger partial charge in [-0.2, -0.15) is 0 Å². The van der Waals surface area contributed by atoms with Gasteiger partial charge in [-0.05, 0) is 24.3 Å². The molecule has 1 unspecified atom stereocenters. The molecule has 0 fully saturated rings. The molecule has 5 nitrogen and oxygen atoms in total. The van der Waals surface area contributed by atoms with Crippen molar-refractivity contribution >= 4 is 27.3 Å². The van der Waals surface area contributed by atoms with Crippen LogP contribution in [0.2, 0.25) is 5.02 Å². The molecule has 0 aliphatic carbocycles. The zero-order valence-corrected chi connectivity index (χ0v) is 12.5. The van der Waals surface area contributed by atoms with Crippen LogP contribution >= 0.6 is 11.6 Å². The zero-order valence-electron chi connectivity index (χ0n) is 10.9. The van der Waals surface area contributed by atoms with E-state index in [4.69, 9.17) is 22.1 Å². The van der Waals surface area contributed by atoms with Gasteiger partial charge in [-0.25, -0.2) is 13.1 Å². The van der Waals surface area contributed by atoms with Gasteiger partial charge in [0.05, 0.1) is 11.1 Å². The van der Waals surface area contributed by atoms with E-state index in [1.54, 1.807) is 6.07 Å². The summed E-state index contributed by atoms with van der Waals surface area (Å²) in [6, 6.07) is 11.2. The molecule has 0 bridgehead atoms. The summed E-state index contributed by atoms with van der Waals surface area (Å²) >= 11 is 5.97. The lowest BCUT2D eigenvalue weighted by molar-refractivity contribution is 0.325. The Kier molecular flexibility index (Phi) is 3.52. The first-order valence-electron chi connectivity index (χ1n) is 6.26. The third-order valence-electron chi connectivity index (χ3n) is 3.24. The van der Waals surface area contributed by atoms with Gasteiger partial charge in [0.25, 0.3) is 0 Å². The highest BCUT2D eigenvalue weighted by molar-refractivity contribution is 7.89. The van der Waals surface area contributed by atoms with Crippen molar-refractivity contribution in [3.63, 3.8) is 0 Å². The van der Waals surface area contributed by atoms with E-state index >= 15 is 0 Å². The number of halogens is 1. The van der Waals surface area contributed by atoms with Crippen LogP contribution in [0.25, 0.3) is 0 Å². The van der Waals surface area contributed by atoms with Crippen molar-refractivity contribution in [2.24, 2.45) is 0 Å². The minimum Gasteiger partial charge on any atom is -0.491 e. The Morgan fingerprint density at radius 3 is 2.76 bits per heavy atom. The van der Waals surface area contributed by atoms with Crippen molar-refractivity contribution in [3.05, 3.63) is 53.1 Å². The molecule has 0 saturated heterocycles. The first kappa shape index (κ1) is 14.2. The summed E-state index contributed by atoms with van der Waals surface area (Å²) in [6.45, 7) is 0.255. The molecule has 3 rings (SSSR count). The first-order valence-corrected chi connectivity index (χ1v) is 8.12. The summed E-state index contributed by atoms with van der Waals surface area (Å²) in [5, 5.41) is 0.0923. The van der Waals surface area contributed by atoms with E-state index in [1.807, 2.05) is 18.2 Å². The predicted molar refractivity (Wildman–Crippen MR) is 80.9 cm³/mol. The monoisotopic (exact) mass is 324 g/mol. The van der Waals surface area contributed by atoms with Crippen LogP contribution in [0.5, 0.6) is 5.75 Å². The van der Waals surface area contributed by atoms with Gasteiger partial charge in [0.2, 0.25) is 10.0 Å². The lowest BCUT2D eigenvalue weighted by Crippen LogP contribution is -2.29. The van der Waals surface area contributed by atoms with Crippen LogP contribution < -0.4 is 15.2 Å². The molecule has 1 aliphatic rings. The van der Waals surface area contributed by atoms with Crippen molar-refractivity contribution < 1.29 is 13.2 Å². The zero-order chi connectivity index (χ0) is 15.0. The van der Waals surface area contributed by atoms with E-state index in [9.17, 15) is 8.42 Å². The van der Waals surface area contributed by atoms with Gasteiger partial charge in [-0.3, -0.25) is 0 Å². The number of nitrogens with one attached hydrogen (secondary N) is 1. The summed E-state index contributed by atoms with van der Waals surface area (Å²) in [5.41, 5.74) is 6.80. The number of nitrogen functional groups attached to an aromatic ring is 1. The van der Waals surface area contributed by atoms with Gasteiger partial charge in [-0.1, -0.05) is 29.8 Å². The number of hydrogen-bond donors (Lipinski definition) is 2. The molecule has 7 heteroatoms. The molecule has 1 heterocycles. The van der Waals surface area contributed by atoms with Crippen molar-refractivity contribution in [2.75, 3.05) is 12.3 Å². The molecule has 1 aliphatic heterocycles. The molecule has 110 valence electrons. The Labute approximate surface area is 127 Å². The molecule has 1 atom stereocenters. The van der Waals surface area contributed by atoms with E-state index in [-0.39, 0.29) is 16.5 Å². The summed E-state index contributed by atoms with van der Waals surface area (Å²) in [7, 11) is -3.75. The lowest BCUT2D eigenvalue weighted by atomic mass is 10.1. The van der Waals surface area contributed by atoms with Crippen molar-refractivity contribution in [1.29, 1.82) is 0 Å². The maximum atomic E-state index is 12.4. The Hall–Kier alpha value is -1.76. The Bertz CT molecular complexity index is 793. The molecule has 2 aromatic rings. The van der Waals surface area contributed by atoms with Crippen LogP contribution in [0, 0.1) is 0 Å². The topological polar surface area (TPSA) is 81.4 Å². The third kappa shape index (κ3) is 2.70. The largest absolute Gasteiger partial charge is 0.491 e. The maximum Gasteiger partial charge on any atom is 0.242 e. The van der Waals surface area contributed by atoms with Gasteiger partial charge in [0.1, 0.15) is 17.3 Å². The molecule has 2 aromatic carbocycles. The molecule has 21 heavy (non-hydrogen) atoms. The van der Waals surface area contributed by atoms with Crippen molar-refractivity contribution in [3.8, 4) is 5.75 Å². The fourth-order valence-electron chi connectivity index (χ4n) is 2.25. The van der Waals surface area contributed by atoms with Crippen LogP contribution in [0.1, 0.15) is 11.6 Å². The van der Waals surface area contributed by atoms with Crippen LogP contribution in [0.15, 0.2) is 47.4 Å².